The number of halogens is 2. The molecule has 0 atom stereocenters. The molecule has 0 bridgehead atoms. The number of hydrogen-bond donors (Lipinski definition) is 1. The standard InChI is InChI=1S/C16H10Cl2N2O4/c17-11-4-10(5-12(18)7-11)16-14(8-21)15(19-24-16)9-2-1-3-13(6-9)20(22)23/h1-7,21H,8H2. The largest absolute Gasteiger partial charge is 0.391 e. The first kappa shape index (κ1) is 16.4. The number of non-ortho nitro benzene ring substituents is 1. The predicted molar refractivity (Wildman–Crippen MR) is 90.0 cm³/mol. The van der Waals surface area contributed by atoms with E-state index in [1.807, 2.05) is 0 Å². The molecule has 3 rings (SSSR count). The van der Waals surface area contributed by atoms with Gasteiger partial charge >= 0.3 is 0 Å². The Morgan fingerprint density at radius 3 is 2.46 bits per heavy atom. The van der Waals surface area contributed by atoms with Gasteiger partial charge in [0.1, 0.15) is 5.69 Å². The van der Waals surface area contributed by atoms with Gasteiger partial charge in [-0.2, -0.15) is 0 Å². The topological polar surface area (TPSA) is 89.4 Å². The molecule has 1 heterocycles. The molecule has 24 heavy (non-hydrogen) atoms. The van der Waals surface area contributed by atoms with Gasteiger partial charge in [-0.1, -0.05) is 40.5 Å². The average molecular weight is 365 g/mol. The monoisotopic (exact) mass is 364 g/mol. The fourth-order valence-electron chi connectivity index (χ4n) is 2.36. The zero-order valence-electron chi connectivity index (χ0n) is 12.1. The van der Waals surface area contributed by atoms with Gasteiger partial charge in [0.05, 0.1) is 17.1 Å². The Kier molecular flexibility index (Phi) is 4.53. The second-order valence-corrected chi connectivity index (χ2v) is 5.84. The highest BCUT2D eigenvalue weighted by atomic mass is 35.5. The maximum atomic E-state index is 10.9. The number of nitrogens with zero attached hydrogens (tertiary/aromatic N) is 2. The molecule has 0 fully saturated rings. The molecule has 6 nitrogen and oxygen atoms in total. The van der Waals surface area contributed by atoms with Crippen molar-refractivity contribution in [3.63, 3.8) is 0 Å². The molecule has 3 aromatic rings. The first-order chi connectivity index (χ1) is 11.5. The number of nitro groups is 1. The first-order valence-corrected chi connectivity index (χ1v) is 7.56. The van der Waals surface area contributed by atoms with Gasteiger partial charge in [-0.25, -0.2) is 0 Å². The van der Waals surface area contributed by atoms with Crippen LogP contribution in [0.2, 0.25) is 10.0 Å². The molecule has 1 aromatic heterocycles. The van der Waals surface area contributed by atoms with Crippen LogP contribution in [0.15, 0.2) is 47.0 Å². The Balaban J connectivity index is 2.13. The van der Waals surface area contributed by atoms with Crippen LogP contribution in [0.4, 0.5) is 5.69 Å². The van der Waals surface area contributed by atoms with Gasteiger partial charge in [0.25, 0.3) is 5.69 Å². The highest BCUT2D eigenvalue weighted by Gasteiger charge is 2.20. The Morgan fingerprint density at radius 2 is 1.83 bits per heavy atom. The van der Waals surface area contributed by atoms with Crippen molar-refractivity contribution in [2.24, 2.45) is 0 Å². The molecule has 0 aliphatic heterocycles. The van der Waals surface area contributed by atoms with E-state index in [1.54, 1.807) is 30.3 Å². The van der Waals surface area contributed by atoms with Gasteiger partial charge in [0, 0.05) is 33.3 Å². The minimum absolute atomic E-state index is 0.0771. The predicted octanol–water partition coefficient (Wildman–Crippen LogP) is 4.72. The zero-order chi connectivity index (χ0) is 17.3. The van der Waals surface area contributed by atoms with Gasteiger partial charge in [-0.15, -0.1) is 0 Å². The van der Waals surface area contributed by atoms with Crippen LogP contribution in [0.25, 0.3) is 22.6 Å². The molecule has 0 spiro atoms. The van der Waals surface area contributed by atoms with Gasteiger partial charge in [0.15, 0.2) is 5.76 Å². The highest BCUT2D eigenvalue weighted by molar-refractivity contribution is 6.35. The Labute approximate surface area is 146 Å². The lowest BCUT2D eigenvalue weighted by atomic mass is 10.0. The Hall–Kier alpha value is -2.41. The first-order valence-electron chi connectivity index (χ1n) is 6.80. The van der Waals surface area contributed by atoms with Crippen molar-refractivity contribution in [2.45, 2.75) is 6.61 Å². The maximum absolute atomic E-state index is 10.9. The number of aromatic nitrogens is 1. The molecule has 1 N–H and O–H groups in total. The van der Waals surface area contributed by atoms with Crippen LogP contribution in [-0.4, -0.2) is 15.2 Å². The molecule has 0 radical (unpaired) electrons. The molecule has 0 saturated carbocycles. The number of rotatable bonds is 4. The quantitative estimate of drug-likeness (QED) is 0.534. The van der Waals surface area contributed by atoms with Crippen molar-refractivity contribution >= 4 is 28.9 Å². The van der Waals surface area contributed by atoms with Crippen LogP contribution >= 0.6 is 23.2 Å². The zero-order valence-corrected chi connectivity index (χ0v) is 13.6. The number of nitro benzene ring substituents is 1. The van der Waals surface area contributed by atoms with Crippen molar-refractivity contribution in [3.05, 3.63) is 68.2 Å². The summed E-state index contributed by atoms with van der Waals surface area (Å²) in [5.41, 5.74) is 1.67. The fraction of sp³-hybridized carbons (Fsp3) is 0.0625. The van der Waals surface area contributed by atoms with Crippen molar-refractivity contribution in [1.82, 2.24) is 5.16 Å². The van der Waals surface area contributed by atoms with Crippen LogP contribution in [0, 0.1) is 10.1 Å². The second-order valence-electron chi connectivity index (χ2n) is 4.96. The smallest absolute Gasteiger partial charge is 0.270 e. The SMILES string of the molecule is O=[N+]([O-])c1cccc(-c2noc(-c3cc(Cl)cc(Cl)c3)c2CO)c1. The summed E-state index contributed by atoms with van der Waals surface area (Å²) in [7, 11) is 0. The lowest BCUT2D eigenvalue weighted by Gasteiger charge is -2.03. The molecular weight excluding hydrogens is 355 g/mol. The maximum Gasteiger partial charge on any atom is 0.270 e. The molecule has 0 saturated heterocycles. The van der Waals surface area contributed by atoms with E-state index in [4.69, 9.17) is 27.7 Å². The molecule has 0 aliphatic rings. The van der Waals surface area contributed by atoms with Gasteiger partial charge in [-0.05, 0) is 18.2 Å². The van der Waals surface area contributed by atoms with E-state index < -0.39 is 4.92 Å². The highest BCUT2D eigenvalue weighted by Crippen LogP contribution is 2.35. The minimum atomic E-state index is -0.500. The summed E-state index contributed by atoms with van der Waals surface area (Å²) >= 11 is 12.0. The summed E-state index contributed by atoms with van der Waals surface area (Å²) < 4.78 is 5.34. The second kappa shape index (κ2) is 6.60. The molecule has 0 amide bonds. The number of benzene rings is 2. The van der Waals surface area contributed by atoms with Gasteiger partial charge in [0.2, 0.25) is 0 Å². The van der Waals surface area contributed by atoms with Crippen LogP contribution in [0.1, 0.15) is 5.56 Å². The van der Waals surface area contributed by atoms with Crippen molar-refractivity contribution in [1.29, 1.82) is 0 Å². The summed E-state index contributed by atoms with van der Waals surface area (Å²) in [5.74, 6) is 0.309. The summed E-state index contributed by atoms with van der Waals surface area (Å²) in [4.78, 5) is 10.4. The molecule has 8 heteroatoms. The third kappa shape index (κ3) is 3.12. The molecule has 0 aliphatic carbocycles. The van der Waals surface area contributed by atoms with Crippen LogP contribution in [0.5, 0.6) is 0 Å². The van der Waals surface area contributed by atoms with E-state index in [0.29, 0.717) is 38.2 Å². The fourth-order valence-corrected chi connectivity index (χ4v) is 2.89. The van der Waals surface area contributed by atoms with Crippen LogP contribution in [-0.2, 0) is 6.61 Å². The van der Waals surface area contributed by atoms with Crippen LogP contribution < -0.4 is 0 Å². The van der Waals surface area contributed by atoms with E-state index >= 15 is 0 Å². The van der Waals surface area contributed by atoms with Crippen molar-refractivity contribution in [2.75, 3.05) is 0 Å². The number of aliphatic hydroxyl groups excluding tert-OH is 1. The number of hydrogen-bond acceptors (Lipinski definition) is 5. The Morgan fingerprint density at radius 1 is 1.12 bits per heavy atom. The summed E-state index contributed by atoms with van der Waals surface area (Å²) in [6, 6.07) is 10.8. The van der Waals surface area contributed by atoms with Gasteiger partial charge < -0.3 is 9.63 Å². The van der Waals surface area contributed by atoms with Crippen molar-refractivity contribution < 1.29 is 14.6 Å². The lowest BCUT2D eigenvalue weighted by molar-refractivity contribution is -0.384. The number of aliphatic hydroxyl groups is 1. The van der Waals surface area contributed by atoms with E-state index in [-0.39, 0.29) is 12.3 Å². The lowest BCUT2D eigenvalue weighted by Crippen LogP contribution is -1.91. The van der Waals surface area contributed by atoms with E-state index in [1.165, 1.54) is 12.1 Å². The van der Waals surface area contributed by atoms with Crippen molar-refractivity contribution in [3.8, 4) is 22.6 Å². The summed E-state index contributed by atoms with van der Waals surface area (Å²) in [6.07, 6.45) is 0. The molecule has 2 aromatic carbocycles. The normalized spacial score (nSPS) is 10.8. The molecule has 0 unspecified atom stereocenters. The minimum Gasteiger partial charge on any atom is -0.391 e. The third-order valence-corrected chi connectivity index (χ3v) is 3.84. The average Bonchev–Trinajstić information content (AvgIpc) is 2.98. The molecule has 122 valence electrons. The van der Waals surface area contributed by atoms with E-state index in [2.05, 4.69) is 5.16 Å². The third-order valence-electron chi connectivity index (χ3n) is 3.40. The Bertz CT molecular complexity index is 904. The van der Waals surface area contributed by atoms with E-state index in [9.17, 15) is 15.2 Å². The van der Waals surface area contributed by atoms with Gasteiger partial charge in [-0.3, -0.25) is 10.1 Å². The molecular formula is C16H10Cl2N2O4. The van der Waals surface area contributed by atoms with Crippen LogP contribution in [0.3, 0.4) is 0 Å². The summed E-state index contributed by atoms with van der Waals surface area (Å²) in [6.45, 7) is -0.360. The van der Waals surface area contributed by atoms with E-state index in [0.717, 1.165) is 0 Å². The summed E-state index contributed by atoms with van der Waals surface area (Å²) in [5, 5.41) is 25.4.